The van der Waals surface area contributed by atoms with E-state index >= 15 is 0 Å². The van der Waals surface area contributed by atoms with Gasteiger partial charge in [-0.2, -0.15) is 0 Å². The topological polar surface area (TPSA) is 74.3 Å². The van der Waals surface area contributed by atoms with Crippen LogP contribution in [0.25, 0.3) is 0 Å². The van der Waals surface area contributed by atoms with Gasteiger partial charge in [0.1, 0.15) is 0 Å². The minimum absolute atomic E-state index is 0.145. The highest BCUT2D eigenvalue weighted by Gasteiger charge is 2.25. The van der Waals surface area contributed by atoms with Gasteiger partial charge in [-0.3, -0.25) is 14.6 Å². The number of benzene rings is 3. The highest BCUT2D eigenvalue weighted by atomic mass is 16.2. The Hall–Kier alpha value is -4.45. The lowest BCUT2D eigenvalue weighted by Gasteiger charge is -2.33. The van der Waals surface area contributed by atoms with E-state index in [0.717, 1.165) is 48.3 Å². The Morgan fingerprint density at radius 3 is 2.18 bits per heavy atom. The first kappa shape index (κ1) is 26.2. The zero-order valence-electron chi connectivity index (χ0n) is 22.2. The van der Waals surface area contributed by atoms with E-state index in [4.69, 9.17) is 0 Å². The van der Waals surface area contributed by atoms with Gasteiger partial charge in [0, 0.05) is 43.4 Å². The van der Waals surface area contributed by atoms with Crippen LogP contribution in [0.2, 0.25) is 0 Å². The molecule has 1 fully saturated rings. The van der Waals surface area contributed by atoms with Gasteiger partial charge in [-0.05, 0) is 59.7 Å². The molecule has 2 heterocycles. The number of pyridine rings is 1. The van der Waals surface area contributed by atoms with Crippen molar-refractivity contribution in [3.63, 3.8) is 0 Å². The summed E-state index contributed by atoms with van der Waals surface area (Å²) in [4.78, 5) is 33.6. The summed E-state index contributed by atoms with van der Waals surface area (Å²) in [7, 11) is 0. The SMILES string of the molecule is CC1CCN(c2ccc(NC(=O)C(c3ccccc3)c3ccccc3)cc2C(=O)NCc2cccnc2)CC1. The smallest absolute Gasteiger partial charge is 0.253 e. The van der Waals surface area contributed by atoms with Crippen LogP contribution in [0.5, 0.6) is 0 Å². The average Bonchev–Trinajstić information content (AvgIpc) is 2.98. The molecular weight excluding hydrogens is 484 g/mol. The Balaban J connectivity index is 1.42. The van der Waals surface area contributed by atoms with E-state index in [1.807, 2.05) is 84.9 Å². The third kappa shape index (κ3) is 6.52. The first-order chi connectivity index (χ1) is 19.1. The molecule has 39 heavy (non-hydrogen) atoms. The first-order valence-electron chi connectivity index (χ1n) is 13.6. The van der Waals surface area contributed by atoms with Crippen molar-refractivity contribution in [2.24, 2.45) is 5.92 Å². The standard InChI is InChI=1S/C33H34N4O2/c1-24-16-19-37(20-17-24)30-15-14-28(21-29(30)32(38)35-23-25-9-8-18-34-22-25)36-33(39)31(26-10-4-2-5-11-26)27-12-6-3-7-13-27/h2-15,18,21-22,24,31H,16-17,19-20,23H2,1H3,(H,35,38)(H,36,39). The van der Waals surface area contributed by atoms with E-state index < -0.39 is 5.92 Å². The van der Waals surface area contributed by atoms with Crippen molar-refractivity contribution in [1.82, 2.24) is 10.3 Å². The monoisotopic (exact) mass is 518 g/mol. The number of amides is 2. The molecule has 5 rings (SSSR count). The summed E-state index contributed by atoms with van der Waals surface area (Å²) in [6.45, 7) is 4.46. The molecular formula is C33H34N4O2. The van der Waals surface area contributed by atoms with Gasteiger partial charge in [0.15, 0.2) is 0 Å². The predicted molar refractivity (Wildman–Crippen MR) is 156 cm³/mol. The van der Waals surface area contributed by atoms with E-state index in [1.54, 1.807) is 18.5 Å². The lowest BCUT2D eigenvalue weighted by atomic mass is 9.90. The molecule has 0 atom stereocenters. The molecule has 4 aromatic rings. The van der Waals surface area contributed by atoms with E-state index in [9.17, 15) is 9.59 Å². The minimum atomic E-state index is -0.474. The van der Waals surface area contributed by atoms with E-state index in [0.29, 0.717) is 23.7 Å². The largest absolute Gasteiger partial charge is 0.371 e. The van der Waals surface area contributed by atoms with Crippen LogP contribution in [-0.2, 0) is 11.3 Å². The maximum atomic E-state index is 13.7. The molecule has 2 amide bonds. The van der Waals surface area contributed by atoms with Crippen molar-refractivity contribution in [1.29, 1.82) is 0 Å². The van der Waals surface area contributed by atoms with Crippen LogP contribution in [-0.4, -0.2) is 29.9 Å². The van der Waals surface area contributed by atoms with E-state index in [1.165, 1.54) is 0 Å². The van der Waals surface area contributed by atoms with Crippen LogP contribution in [0.4, 0.5) is 11.4 Å². The Morgan fingerprint density at radius 1 is 0.897 bits per heavy atom. The molecule has 1 aliphatic heterocycles. The van der Waals surface area contributed by atoms with Gasteiger partial charge in [0.25, 0.3) is 5.91 Å². The highest BCUT2D eigenvalue weighted by Crippen LogP contribution is 2.31. The number of nitrogens with zero attached hydrogens (tertiary/aromatic N) is 2. The van der Waals surface area contributed by atoms with Crippen molar-refractivity contribution in [3.8, 4) is 0 Å². The van der Waals surface area contributed by atoms with Gasteiger partial charge in [0.2, 0.25) is 5.91 Å². The second-order valence-corrected chi connectivity index (χ2v) is 10.2. The molecule has 1 saturated heterocycles. The van der Waals surface area contributed by atoms with Crippen molar-refractivity contribution in [2.45, 2.75) is 32.2 Å². The van der Waals surface area contributed by atoms with Gasteiger partial charge in [-0.25, -0.2) is 0 Å². The fraction of sp³-hybridized carbons (Fsp3) is 0.242. The molecule has 0 unspecified atom stereocenters. The third-order valence-corrected chi connectivity index (χ3v) is 7.34. The summed E-state index contributed by atoms with van der Waals surface area (Å²) in [6.07, 6.45) is 5.64. The normalized spacial score (nSPS) is 13.7. The lowest BCUT2D eigenvalue weighted by molar-refractivity contribution is -0.116. The van der Waals surface area contributed by atoms with Gasteiger partial charge in [0.05, 0.1) is 11.5 Å². The molecule has 0 radical (unpaired) electrons. The number of anilines is 2. The summed E-state index contributed by atoms with van der Waals surface area (Å²) >= 11 is 0. The number of piperidine rings is 1. The molecule has 6 nitrogen and oxygen atoms in total. The molecule has 0 saturated carbocycles. The van der Waals surface area contributed by atoms with Crippen LogP contribution < -0.4 is 15.5 Å². The summed E-state index contributed by atoms with van der Waals surface area (Å²) in [6, 6.07) is 29.0. The van der Waals surface area contributed by atoms with E-state index in [2.05, 4.69) is 27.4 Å². The quantitative estimate of drug-likeness (QED) is 0.299. The number of nitrogens with one attached hydrogen (secondary N) is 2. The summed E-state index contributed by atoms with van der Waals surface area (Å²) in [5.74, 6) is -0.117. The zero-order valence-corrected chi connectivity index (χ0v) is 22.2. The Kier molecular flexibility index (Phi) is 8.32. The fourth-order valence-corrected chi connectivity index (χ4v) is 5.10. The highest BCUT2D eigenvalue weighted by molar-refractivity contribution is 6.03. The third-order valence-electron chi connectivity index (χ3n) is 7.34. The van der Waals surface area contributed by atoms with Crippen molar-refractivity contribution in [3.05, 3.63) is 126 Å². The number of carbonyl (C=O) groups is 2. The molecule has 198 valence electrons. The van der Waals surface area contributed by atoms with Crippen molar-refractivity contribution < 1.29 is 9.59 Å². The molecule has 0 aliphatic carbocycles. The summed E-state index contributed by atoms with van der Waals surface area (Å²) in [5, 5.41) is 6.14. The first-order valence-corrected chi connectivity index (χ1v) is 13.6. The van der Waals surface area contributed by atoms with Gasteiger partial charge < -0.3 is 15.5 Å². The molecule has 6 heteroatoms. The predicted octanol–water partition coefficient (Wildman–Crippen LogP) is 6.02. The minimum Gasteiger partial charge on any atom is -0.371 e. The molecule has 0 bridgehead atoms. The van der Waals surface area contributed by atoms with Gasteiger partial charge in [-0.15, -0.1) is 0 Å². The Bertz CT molecular complexity index is 1350. The number of hydrogen-bond acceptors (Lipinski definition) is 4. The van der Waals surface area contributed by atoms with Crippen molar-refractivity contribution in [2.75, 3.05) is 23.3 Å². The number of hydrogen-bond donors (Lipinski definition) is 2. The van der Waals surface area contributed by atoms with Gasteiger partial charge >= 0.3 is 0 Å². The van der Waals surface area contributed by atoms with Crippen LogP contribution >= 0.6 is 0 Å². The van der Waals surface area contributed by atoms with Crippen LogP contribution in [0.3, 0.4) is 0 Å². The van der Waals surface area contributed by atoms with Crippen LogP contribution in [0, 0.1) is 5.92 Å². The zero-order chi connectivity index (χ0) is 27.0. The molecule has 1 aromatic heterocycles. The van der Waals surface area contributed by atoms with Crippen LogP contribution in [0.15, 0.2) is 103 Å². The summed E-state index contributed by atoms with van der Waals surface area (Å²) in [5.41, 5.74) is 4.80. The second kappa shape index (κ2) is 12.4. The molecule has 3 aromatic carbocycles. The average molecular weight is 519 g/mol. The molecule has 0 spiro atoms. The van der Waals surface area contributed by atoms with Crippen LogP contribution in [0.1, 0.15) is 52.7 Å². The van der Waals surface area contributed by atoms with E-state index in [-0.39, 0.29) is 11.8 Å². The fourth-order valence-electron chi connectivity index (χ4n) is 5.10. The Labute approximate surface area is 230 Å². The summed E-state index contributed by atoms with van der Waals surface area (Å²) < 4.78 is 0. The Morgan fingerprint density at radius 2 is 1.56 bits per heavy atom. The van der Waals surface area contributed by atoms with Gasteiger partial charge in [-0.1, -0.05) is 73.7 Å². The lowest BCUT2D eigenvalue weighted by Crippen LogP contribution is -2.35. The maximum absolute atomic E-state index is 13.7. The molecule has 2 N–H and O–H groups in total. The number of aromatic nitrogens is 1. The molecule has 1 aliphatic rings. The number of rotatable bonds is 8. The number of carbonyl (C=O) groups excluding carboxylic acids is 2. The second-order valence-electron chi connectivity index (χ2n) is 10.2. The van der Waals surface area contributed by atoms with Crippen molar-refractivity contribution >= 4 is 23.2 Å². The maximum Gasteiger partial charge on any atom is 0.253 e.